The van der Waals surface area contributed by atoms with E-state index in [0.717, 1.165) is 36.8 Å². The Bertz CT molecular complexity index is 684. The Morgan fingerprint density at radius 2 is 1.03 bits per heavy atom. The zero-order chi connectivity index (χ0) is 20.9. The van der Waals surface area contributed by atoms with Crippen molar-refractivity contribution in [2.24, 2.45) is 0 Å². The van der Waals surface area contributed by atoms with Gasteiger partial charge in [-0.3, -0.25) is 0 Å². The summed E-state index contributed by atoms with van der Waals surface area (Å²) in [5, 5.41) is 0. The highest BCUT2D eigenvalue weighted by atomic mass is 16.5. The number of benzene rings is 2. The molecular weight excluding hydrogens is 368 g/mol. The summed E-state index contributed by atoms with van der Waals surface area (Å²) in [6.07, 6.45) is 3.74. The molecule has 5 nitrogen and oxygen atoms in total. The fourth-order valence-corrected chi connectivity index (χ4v) is 2.55. The van der Waals surface area contributed by atoms with E-state index in [9.17, 15) is 9.59 Å². The number of hydrogen-bond donors (Lipinski definition) is 0. The van der Waals surface area contributed by atoms with E-state index >= 15 is 0 Å². The van der Waals surface area contributed by atoms with Crippen molar-refractivity contribution in [2.75, 3.05) is 13.2 Å². The van der Waals surface area contributed by atoms with Gasteiger partial charge in [-0.05, 0) is 48.2 Å². The molecule has 2 aromatic rings. The Labute approximate surface area is 173 Å². The number of carbonyl (C=O) groups excluding carboxylic acids is 2. The van der Waals surface area contributed by atoms with Crippen LogP contribution in [-0.2, 0) is 27.4 Å². The first-order chi connectivity index (χ1) is 14.1. The van der Waals surface area contributed by atoms with Crippen LogP contribution in [0.15, 0.2) is 48.5 Å². The minimum Gasteiger partial charge on any atom is -0.462 e. The van der Waals surface area contributed by atoms with Gasteiger partial charge in [0.2, 0.25) is 0 Å². The zero-order valence-corrected chi connectivity index (χ0v) is 17.3. The number of rotatable bonds is 12. The number of esters is 2. The number of carbonyl (C=O) groups is 2. The molecule has 0 bridgehead atoms. The summed E-state index contributed by atoms with van der Waals surface area (Å²) in [7, 11) is 0. The van der Waals surface area contributed by atoms with Gasteiger partial charge in [0, 0.05) is 0 Å². The standard InChI is InChI=1S/C24H30O5/c1-3-5-15-28-23(25)21-11-7-19(8-12-21)17-27-18-20-9-13-22(14-10-20)24(26)29-16-6-4-2/h7-14H,3-6,15-18H2,1-2H3. The normalized spacial score (nSPS) is 10.6. The number of unbranched alkanes of at least 4 members (excludes halogenated alkanes) is 2. The Balaban J connectivity index is 1.75. The van der Waals surface area contributed by atoms with Gasteiger partial charge in [-0.1, -0.05) is 51.0 Å². The van der Waals surface area contributed by atoms with Crippen LogP contribution in [0.3, 0.4) is 0 Å². The van der Waals surface area contributed by atoms with Crippen molar-refractivity contribution in [2.45, 2.75) is 52.7 Å². The van der Waals surface area contributed by atoms with E-state index in [-0.39, 0.29) is 11.9 Å². The van der Waals surface area contributed by atoms with Crippen LogP contribution >= 0.6 is 0 Å². The van der Waals surface area contributed by atoms with Crippen LogP contribution in [0.4, 0.5) is 0 Å². The van der Waals surface area contributed by atoms with Crippen molar-refractivity contribution in [3.63, 3.8) is 0 Å². The first-order valence-corrected chi connectivity index (χ1v) is 10.2. The van der Waals surface area contributed by atoms with Gasteiger partial charge in [-0.15, -0.1) is 0 Å². The Hall–Kier alpha value is -2.66. The molecule has 0 unspecified atom stereocenters. The Morgan fingerprint density at radius 3 is 1.38 bits per heavy atom. The van der Waals surface area contributed by atoms with E-state index < -0.39 is 0 Å². The highest BCUT2D eigenvalue weighted by Crippen LogP contribution is 2.11. The Kier molecular flexibility index (Phi) is 9.93. The van der Waals surface area contributed by atoms with E-state index in [2.05, 4.69) is 13.8 Å². The summed E-state index contributed by atoms with van der Waals surface area (Å²) in [5.74, 6) is -0.585. The molecule has 2 rings (SSSR count). The molecular formula is C24H30O5. The molecule has 0 aromatic heterocycles. The van der Waals surface area contributed by atoms with Crippen molar-refractivity contribution in [1.29, 1.82) is 0 Å². The largest absolute Gasteiger partial charge is 0.462 e. The quantitative estimate of drug-likeness (QED) is 0.358. The smallest absolute Gasteiger partial charge is 0.338 e. The molecule has 0 saturated heterocycles. The molecule has 5 heteroatoms. The highest BCUT2D eigenvalue weighted by Gasteiger charge is 2.08. The van der Waals surface area contributed by atoms with Gasteiger partial charge < -0.3 is 14.2 Å². The molecule has 2 aromatic carbocycles. The lowest BCUT2D eigenvalue weighted by Gasteiger charge is -2.08. The molecule has 0 aliphatic rings. The van der Waals surface area contributed by atoms with Gasteiger partial charge in [-0.25, -0.2) is 9.59 Å². The summed E-state index contributed by atoms with van der Waals surface area (Å²) in [4.78, 5) is 23.8. The summed E-state index contributed by atoms with van der Waals surface area (Å²) in [5.41, 5.74) is 3.05. The number of ether oxygens (including phenoxy) is 3. The third-order valence-electron chi connectivity index (χ3n) is 4.38. The average Bonchev–Trinajstić information content (AvgIpc) is 2.75. The van der Waals surface area contributed by atoms with Crippen LogP contribution < -0.4 is 0 Å². The summed E-state index contributed by atoms with van der Waals surface area (Å²) in [6, 6.07) is 14.5. The summed E-state index contributed by atoms with van der Waals surface area (Å²) >= 11 is 0. The van der Waals surface area contributed by atoms with Crippen molar-refractivity contribution in [1.82, 2.24) is 0 Å². The molecule has 0 saturated carbocycles. The van der Waals surface area contributed by atoms with Crippen molar-refractivity contribution < 1.29 is 23.8 Å². The fraction of sp³-hybridized carbons (Fsp3) is 0.417. The number of hydrogen-bond acceptors (Lipinski definition) is 5. The van der Waals surface area contributed by atoms with Crippen LogP contribution in [0.2, 0.25) is 0 Å². The molecule has 156 valence electrons. The van der Waals surface area contributed by atoms with E-state index in [0.29, 0.717) is 37.6 Å². The molecule has 0 heterocycles. The first kappa shape index (κ1) is 22.6. The van der Waals surface area contributed by atoms with E-state index in [1.165, 1.54) is 0 Å². The molecule has 0 aliphatic carbocycles. The van der Waals surface area contributed by atoms with Gasteiger partial charge in [0.05, 0.1) is 37.6 Å². The third-order valence-corrected chi connectivity index (χ3v) is 4.38. The molecule has 0 aliphatic heterocycles. The van der Waals surface area contributed by atoms with Crippen molar-refractivity contribution in [3.8, 4) is 0 Å². The van der Waals surface area contributed by atoms with Gasteiger partial charge >= 0.3 is 11.9 Å². The molecule has 0 amide bonds. The van der Waals surface area contributed by atoms with Gasteiger partial charge in [0.25, 0.3) is 0 Å². The first-order valence-electron chi connectivity index (χ1n) is 10.2. The maximum absolute atomic E-state index is 11.9. The zero-order valence-electron chi connectivity index (χ0n) is 17.3. The van der Waals surface area contributed by atoms with Gasteiger partial charge in [0.1, 0.15) is 0 Å². The van der Waals surface area contributed by atoms with Crippen LogP contribution in [0.25, 0.3) is 0 Å². The topological polar surface area (TPSA) is 61.8 Å². The maximum atomic E-state index is 11.9. The Morgan fingerprint density at radius 1 is 0.655 bits per heavy atom. The molecule has 0 atom stereocenters. The fourth-order valence-electron chi connectivity index (χ4n) is 2.55. The second-order valence-corrected chi connectivity index (χ2v) is 6.87. The van der Waals surface area contributed by atoms with Crippen molar-refractivity contribution in [3.05, 3.63) is 70.8 Å². The second kappa shape index (κ2) is 12.7. The van der Waals surface area contributed by atoms with E-state index in [1.807, 2.05) is 24.3 Å². The molecule has 0 N–H and O–H groups in total. The predicted octanol–water partition coefficient (Wildman–Crippen LogP) is 5.32. The lowest BCUT2D eigenvalue weighted by atomic mass is 10.1. The summed E-state index contributed by atoms with van der Waals surface area (Å²) in [6.45, 7) is 5.89. The average molecular weight is 398 g/mol. The minimum absolute atomic E-state index is 0.292. The van der Waals surface area contributed by atoms with Crippen LogP contribution in [-0.4, -0.2) is 25.2 Å². The third kappa shape index (κ3) is 8.08. The monoisotopic (exact) mass is 398 g/mol. The lowest BCUT2D eigenvalue weighted by molar-refractivity contribution is 0.0490. The minimum atomic E-state index is -0.292. The van der Waals surface area contributed by atoms with Gasteiger partial charge in [0.15, 0.2) is 0 Å². The highest BCUT2D eigenvalue weighted by molar-refractivity contribution is 5.89. The van der Waals surface area contributed by atoms with E-state index in [1.54, 1.807) is 24.3 Å². The lowest BCUT2D eigenvalue weighted by Crippen LogP contribution is -2.06. The summed E-state index contributed by atoms with van der Waals surface area (Å²) < 4.78 is 16.1. The predicted molar refractivity (Wildman–Crippen MR) is 112 cm³/mol. The maximum Gasteiger partial charge on any atom is 0.338 e. The molecule has 0 spiro atoms. The van der Waals surface area contributed by atoms with Crippen LogP contribution in [0, 0.1) is 0 Å². The van der Waals surface area contributed by atoms with Crippen LogP contribution in [0.1, 0.15) is 71.4 Å². The van der Waals surface area contributed by atoms with Crippen molar-refractivity contribution >= 4 is 11.9 Å². The SMILES string of the molecule is CCCCOC(=O)c1ccc(COCc2ccc(C(=O)OCCCC)cc2)cc1. The molecule has 0 fully saturated rings. The van der Waals surface area contributed by atoms with Gasteiger partial charge in [-0.2, -0.15) is 0 Å². The second-order valence-electron chi connectivity index (χ2n) is 6.87. The van der Waals surface area contributed by atoms with E-state index in [4.69, 9.17) is 14.2 Å². The molecule has 0 radical (unpaired) electrons. The van der Waals surface area contributed by atoms with Crippen LogP contribution in [0.5, 0.6) is 0 Å². The molecule has 29 heavy (non-hydrogen) atoms.